The van der Waals surface area contributed by atoms with Gasteiger partial charge in [-0.1, -0.05) is 13.8 Å². The second-order valence-corrected chi connectivity index (χ2v) is 9.70. The molecule has 21 heavy (non-hydrogen) atoms. The Kier molecular flexibility index (Phi) is 4.93. The van der Waals surface area contributed by atoms with Gasteiger partial charge in [0.1, 0.15) is 0 Å². The molecule has 0 aromatic carbocycles. The molecule has 2 nitrogen and oxygen atoms in total. The molecule has 2 saturated heterocycles. The lowest BCUT2D eigenvalue weighted by Gasteiger charge is -2.47. The van der Waals surface area contributed by atoms with Crippen LogP contribution in [0.25, 0.3) is 0 Å². The molecular formula is C18H33NOS. The van der Waals surface area contributed by atoms with Crippen LogP contribution in [0.3, 0.4) is 0 Å². The van der Waals surface area contributed by atoms with Crippen LogP contribution in [0.2, 0.25) is 0 Å². The molecule has 0 aromatic rings. The van der Waals surface area contributed by atoms with Crippen molar-refractivity contribution in [3.63, 3.8) is 0 Å². The lowest BCUT2D eigenvalue weighted by molar-refractivity contribution is -0.109. The van der Waals surface area contributed by atoms with Crippen molar-refractivity contribution >= 4 is 11.8 Å². The van der Waals surface area contributed by atoms with Gasteiger partial charge in [0.05, 0.1) is 5.60 Å². The highest BCUT2D eigenvalue weighted by Gasteiger charge is 2.42. The summed E-state index contributed by atoms with van der Waals surface area (Å²) >= 11 is 2.09. The first-order chi connectivity index (χ1) is 10.00. The summed E-state index contributed by atoms with van der Waals surface area (Å²) in [5.41, 5.74) is 7.48. The lowest BCUT2D eigenvalue weighted by Crippen LogP contribution is -2.49. The molecular weight excluding hydrogens is 278 g/mol. The number of ether oxygens (including phenoxy) is 1. The smallest absolute Gasteiger partial charge is 0.0701 e. The fraction of sp³-hybridized carbons (Fsp3) is 1.00. The number of hydrogen-bond acceptors (Lipinski definition) is 3. The van der Waals surface area contributed by atoms with Crippen molar-refractivity contribution in [3.8, 4) is 0 Å². The fourth-order valence-corrected chi connectivity index (χ4v) is 5.91. The van der Waals surface area contributed by atoms with Gasteiger partial charge in [-0.15, -0.1) is 0 Å². The van der Waals surface area contributed by atoms with Crippen LogP contribution < -0.4 is 5.73 Å². The maximum absolute atomic E-state index is 6.74. The van der Waals surface area contributed by atoms with Crippen LogP contribution in [0.4, 0.5) is 0 Å². The molecule has 0 radical (unpaired) electrons. The van der Waals surface area contributed by atoms with Crippen molar-refractivity contribution in [1.29, 1.82) is 0 Å². The number of thioether (sulfide) groups is 1. The summed E-state index contributed by atoms with van der Waals surface area (Å²) < 4.78 is 6.24. The van der Waals surface area contributed by atoms with Crippen LogP contribution in [0.15, 0.2) is 0 Å². The molecule has 1 aliphatic carbocycles. The van der Waals surface area contributed by atoms with Crippen molar-refractivity contribution in [3.05, 3.63) is 0 Å². The Balaban J connectivity index is 1.58. The molecule has 3 fully saturated rings. The summed E-state index contributed by atoms with van der Waals surface area (Å²) in [5.74, 6) is 4.02. The van der Waals surface area contributed by atoms with E-state index in [1.807, 2.05) is 0 Å². The summed E-state index contributed by atoms with van der Waals surface area (Å²) in [6.45, 7) is 5.77. The molecule has 0 amide bonds. The molecule has 122 valence electrons. The van der Waals surface area contributed by atoms with Gasteiger partial charge in [0.25, 0.3) is 0 Å². The van der Waals surface area contributed by atoms with Gasteiger partial charge in [0.2, 0.25) is 0 Å². The molecule has 0 bridgehead atoms. The van der Waals surface area contributed by atoms with Gasteiger partial charge in [0, 0.05) is 12.6 Å². The molecule has 2 unspecified atom stereocenters. The van der Waals surface area contributed by atoms with E-state index < -0.39 is 0 Å². The molecule has 2 N–H and O–H groups in total. The zero-order valence-corrected chi connectivity index (χ0v) is 14.7. The zero-order valence-electron chi connectivity index (χ0n) is 13.9. The van der Waals surface area contributed by atoms with E-state index in [-0.39, 0.29) is 5.60 Å². The van der Waals surface area contributed by atoms with Crippen LogP contribution in [-0.2, 0) is 4.74 Å². The van der Waals surface area contributed by atoms with Gasteiger partial charge in [-0.2, -0.15) is 11.8 Å². The average Bonchev–Trinajstić information content (AvgIpc) is 2.47. The van der Waals surface area contributed by atoms with Crippen LogP contribution >= 0.6 is 11.8 Å². The summed E-state index contributed by atoms with van der Waals surface area (Å²) in [6, 6.07) is 0.413. The third kappa shape index (κ3) is 3.79. The first-order valence-corrected chi connectivity index (χ1v) is 10.1. The second-order valence-electron chi connectivity index (χ2n) is 8.48. The van der Waals surface area contributed by atoms with Crippen LogP contribution in [0.1, 0.15) is 65.2 Å². The number of rotatable bonds is 2. The third-order valence-electron chi connectivity index (χ3n) is 6.41. The van der Waals surface area contributed by atoms with E-state index in [1.54, 1.807) is 0 Å². The van der Waals surface area contributed by atoms with Crippen molar-refractivity contribution in [1.82, 2.24) is 0 Å². The van der Waals surface area contributed by atoms with E-state index in [4.69, 9.17) is 10.5 Å². The Morgan fingerprint density at radius 1 is 1.00 bits per heavy atom. The molecule has 2 aliphatic heterocycles. The van der Waals surface area contributed by atoms with Gasteiger partial charge in [-0.25, -0.2) is 0 Å². The predicted octanol–water partition coefficient (Wildman–Crippen LogP) is 4.22. The molecule has 3 rings (SSSR count). The zero-order chi connectivity index (χ0) is 14.9. The van der Waals surface area contributed by atoms with Gasteiger partial charge >= 0.3 is 0 Å². The summed E-state index contributed by atoms with van der Waals surface area (Å²) in [7, 11) is 0. The van der Waals surface area contributed by atoms with Gasteiger partial charge < -0.3 is 10.5 Å². The average molecular weight is 312 g/mol. The quantitative estimate of drug-likeness (QED) is 0.829. The Morgan fingerprint density at radius 3 is 2.33 bits per heavy atom. The van der Waals surface area contributed by atoms with Crippen LogP contribution in [0, 0.1) is 17.3 Å². The highest BCUT2D eigenvalue weighted by molar-refractivity contribution is 7.99. The Hall–Kier alpha value is 0.270. The van der Waals surface area contributed by atoms with E-state index in [2.05, 4.69) is 25.6 Å². The molecule has 3 heteroatoms. The fourth-order valence-electron chi connectivity index (χ4n) is 4.68. The van der Waals surface area contributed by atoms with E-state index in [1.165, 1.54) is 62.9 Å². The summed E-state index contributed by atoms with van der Waals surface area (Å²) in [4.78, 5) is 0. The Bertz CT molecular complexity index is 336. The molecule has 0 aromatic heterocycles. The van der Waals surface area contributed by atoms with E-state index >= 15 is 0 Å². The topological polar surface area (TPSA) is 35.2 Å². The standard InChI is InChI=1S/C18H33NOS/c1-17(2)6-3-14(4-7-17)16(19)15-5-10-20-18(13-15)8-11-21-12-9-18/h14-16H,3-13,19H2,1-2H3. The van der Waals surface area contributed by atoms with E-state index in [0.717, 1.165) is 12.5 Å². The van der Waals surface area contributed by atoms with Gasteiger partial charge in [-0.3, -0.25) is 0 Å². The van der Waals surface area contributed by atoms with Crippen molar-refractivity contribution < 1.29 is 4.74 Å². The predicted molar refractivity (Wildman–Crippen MR) is 91.7 cm³/mol. The minimum absolute atomic E-state index is 0.194. The summed E-state index contributed by atoms with van der Waals surface area (Å²) in [5, 5.41) is 0. The Labute approximate surface area is 135 Å². The highest BCUT2D eigenvalue weighted by Crippen LogP contribution is 2.44. The van der Waals surface area contributed by atoms with E-state index in [9.17, 15) is 0 Å². The van der Waals surface area contributed by atoms with Gasteiger partial charge in [-0.05, 0) is 80.1 Å². The minimum Gasteiger partial charge on any atom is -0.375 e. The molecule has 3 aliphatic rings. The van der Waals surface area contributed by atoms with Crippen LogP contribution in [-0.4, -0.2) is 29.8 Å². The monoisotopic (exact) mass is 311 g/mol. The highest BCUT2D eigenvalue weighted by atomic mass is 32.2. The third-order valence-corrected chi connectivity index (χ3v) is 7.39. The molecule has 1 saturated carbocycles. The minimum atomic E-state index is 0.194. The Morgan fingerprint density at radius 2 is 1.67 bits per heavy atom. The summed E-state index contributed by atoms with van der Waals surface area (Å²) in [6.07, 6.45) is 10.3. The maximum atomic E-state index is 6.74. The second kappa shape index (κ2) is 6.41. The SMILES string of the molecule is CC1(C)CCC(C(N)C2CCOC3(CCSCC3)C2)CC1. The molecule has 2 atom stereocenters. The molecule has 2 heterocycles. The lowest BCUT2D eigenvalue weighted by atomic mass is 9.67. The first-order valence-electron chi connectivity index (χ1n) is 8.97. The van der Waals surface area contributed by atoms with Crippen molar-refractivity contribution in [2.45, 2.75) is 76.9 Å². The number of hydrogen-bond donors (Lipinski definition) is 1. The maximum Gasteiger partial charge on any atom is 0.0701 e. The largest absolute Gasteiger partial charge is 0.375 e. The molecule has 1 spiro atoms. The normalized spacial score (nSPS) is 34.7. The van der Waals surface area contributed by atoms with Crippen LogP contribution in [0.5, 0.6) is 0 Å². The number of nitrogens with two attached hydrogens (primary N) is 1. The first kappa shape index (κ1) is 16.1. The van der Waals surface area contributed by atoms with Gasteiger partial charge in [0.15, 0.2) is 0 Å². The van der Waals surface area contributed by atoms with E-state index in [0.29, 0.717) is 17.4 Å². The van der Waals surface area contributed by atoms with Crippen molar-refractivity contribution in [2.75, 3.05) is 18.1 Å². The van der Waals surface area contributed by atoms with Crippen molar-refractivity contribution in [2.24, 2.45) is 23.0 Å².